The average Bonchev–Trinajstić information content (AvgIpc) is 2.14. The molecule has 0 saturated carbocycles. The molecule has 0 heterocycles. The van der Waals surface area contributed by atoms with Crippen LogP contribution in [-0.4, -0.2) is 10.9 Å². The molecule has 1 nitrogen and oxygen atoms in total. The lowest BCUT2D eigenvalue weighted by atomic mass is 10.1. The highest BCUT2D eigenvalue weighted by Crippen LogP contribution is 2.15. The molecule has 0 radical (unpaired) electrons. The first-order valence-corrected chi connectivity index (χ1v) is 6.05. The second kappa shape index (κ2) is 8.36. The maximum absolute atomic E-state index is 11.4. The van der Waals surface area contributed by atoms with Crippen molar-refractivity contribution in [2.45, 2.75) is 46.0 Å². The Hall–Kier alpha value is -0.240. The molecule has 0 aliphatic rings. The van der Waals surface area contributed by atoms with Gasteiger partial charge in [0.2, 0.25) is 5.12 Å². The molecular formula is C11H20OS. The molecule has 76 valence electrons. The summed E-state index contributed by atoms with van der Waals surface area (Å²) in [7, 11) is 0. The third kappa shape index (κ3) is 6.88. The van der Waals surface area contributed by atoms with Crippen molar-refractivity contribution in [3.8, 4) is 0 Å². The molecule has 0 rings (SSSR count). The summed E-state index contributed by atoms with van der Waals surface area (Å²) in [5.74, 6) is 0.945. The number of rotatable bonds is 7. The molecule has 0 amide bonds. The minimum Gasteiger partial charge on any atom is -0.282 e. The topological polar surface area (TPSA) is 17.1 Å². The molecule has 0 aromatic rings. The van der Waals surface area contributed by atoms with E-state index >= 15 is 0 Å². The Bertz CT molecular complexity index is 163. The Labute approximate surface area is 86.0 Å². The number of carbonyl (C=O) groups is 1. The van der Waals surface area contributed by atoms with Crippen LogP contribution in [0.4, 0.5) is 0 Å². The first kappa shape index (κ1) is 12.8. The van der Waals surface area contributed by atoms with Gasteiger partial charge < -0.3 is 0 Å². The molecule has 0 spiro atoms. The standard InChI is InChI=1S/C11H20OS/c1-4-6-8-10(3)11(12)13-9-7-5-2/h3-9H2,1-2H3. The second-order valence-corrected chi connectivity index (χ2v) is 4.26. The monoisotopic (exact) mass is 200 g/mol. The Kier molecular flexibility index (Phi) is 8.21. The Morgan fingerprint density at radius 3 is 2.38 bits per heavy atom. The third-order valence-corrected chi connectivity index (χ3v) is 2.90. The maximum Gasteiger partial charge on any atom is 0.214 e. The molecule has 0 fully saturated rings. The van der Waals surface area contributed by atoms with Gasteiger partial charge >= 0.3 is 0 Å². The molecule has 0 unspecified atom stereocenters. The Morgan fingerprint density at radius 1 is 1.23 bits per heavy atom. The smallest absolute Gasteiger partial charge is 0.214 e. The molecule has 0 aromatic carbocycles. The van der Waals surface area contributed by atoms with Gasteiger partial charge in [-0.2, -0.15) is 0 Å². The van der Waals surface area contributed by atoms with Crippen LogP contribution in [0.1, 0.15) is 46.0 Å². The summed E-state index contributed by atoms with van der Waals surface area (Å²) in [6.07, 6.45) is 5.36. The maximum atomic E-state index is 11.4. The van der Waals surface area contributed by atoms with Crippen molar-refractivity contribution >= 4 is 16.9 Å². The predicted octanol–water partition coefficient (Wildman–Crippen LogP) is 3.79. The lowest BCUT2D eigenvalue weighted by molar-refractivity contribution is -0.108. The van der Waals surface area contributed by atoms with Crippen LogP contribution in [0.3, 0.4) is 0 Å². The number of unbranched alkanes of at least 4 members (excludes halogenated alkanes) is 2. The summed E-state index contributed by atoms with van der Waals surface area (Å²) in [5, 5.41) is 0.196. The summed E-state index contributed by atoms with van der Waals surface area (Å²) in [6.45, 7) is 8.06. The number of thioether (sulfide) groups is 1. The third-order valence-electron chi connectivity index (χ3n) is 1.85. The van der Waals surface area contributed by atoms with Gasteiger partial charge in [0.15, 0.2) is 0 Å². The Balaban J connectivity index is 3.51. The molecule has 2 heteroatoms. The van der Waals surface area contributed by atoms with Crippen molar-refractivity contribution in [2.75, 3.05) is 5.75 Å². The van der Waals surface area contributed by atoms with Crippen LogP contribution in [0.2, 0.25) is 0 Å². The first-order chi connectivity index (χ1) is 6.22. The van der Waals surface area contributed by atoms with Gasteiger partial charge in [0.25, 0.3) is 0 Å². The van der Waals surface area contributed by atoms with Crippen molar-refractivity contribution in [3.63, 3.8) is 0 Å². The van der Waals surface area contributed by atoms with Crippen molar-refractivity contribution < 1.29 is 4.79 Å². The van der Waals surface area contributed by atoms with Crippen LogP contribution in [0.15, 0.2) is 12.2 Å². The highest BCUT2D eigenvalue weighted by molar-refractivity contribution is 8.14. The van der Waals surface area contributed by atoms with Gasteiger partial charge in [-0.05, 0) is 24.8 Å². The lowest BCUT2D eigenvalue weighted by Crippen LogP contribution is -1.97. The van der Waals surface area contributed by atoms with E-state index in [2.05, 4.69) is 20.4 Å². The van der Waals surface area contributed by atoms with E-state index in [9.17, 15) is 4.79 Å². The van der Waals surface area contributed by atoms with Crippen LogP contribution in [0.5, 0.6) is 0 Å². The summed E-state index contributed by atoms with van der Waals surface area (Å²) in [5.41, 5.74) is 0.794. The van der Waals surface area contributed by atoms with Gasteiger partial charge in [-0.3, -0.25) is 4.79 Å². The molecular weight excluding hydrogens is 180 g/mol. The van der Waals surface area contributed by atoms with E-state index in [0.29, 0.717) is 0 Å². The van der Waals surface area contributed by atoms with E-state index < -0.39 is 0 Å². The fourth-order valence-electron chi connectivity index (χ4n) is 0.903. The van der Waals surface area contributed by atoms with E-state index in [1.54, 1.807) is 0 Å². The van der Waals surface area contributed by atoms with Crippen molar-refractivity contribution in [1.82, 2.24) is 0 Å². The highest BCUT2D eigenvalue weighted by Gasteiger charge is 2.06. The van der Waals surface area contributed by atoms with E-state index in [1.807, 2.05) is 0 Å². The van der Waals surface area contributed by atoms with Crippen molar-refractivity contribution in [2.24, 2.45) is 0 Å². The van der Waals surface area contributed by atoms with Crippen LogP contribution < -0.4 is 0 Å². The summed E-state index contributed by atoms with van der Waals surface area (Å²) in [6, 6.07) is 0. The zero-order chi connectivity index (χ0) is 10.1. The van der Waals surface area contributed by atoms with E-state index in [1.165, 1.54) is 11.8 Å². The summed E-state index contributed by atoms with van der Waals surface area (Å²) >= 11 is 1.42. The van der Waals surface area contributed by atoms with E-state index in [-0.39, 0.29) is 5.12 Å². The van der Waals surface area contributed by atoms with Crippen LogP contribution in [-0.2, 0) is 4.79 Å². The lowest BCUT2D eigenvalue weighted by Gasteiger charge is -2.02. The molecule has 0 saturated heterocycles. The van der Waals surface area contributed by atoms with Gasteiger partial charge in [0.1, 0.15) is 0 Å². The van der Waals surface area contributed by atoms with E-state index in [0.717, 1.165) is 43.4 Å². The second-order valence-electron chi connectivity index (χ2n) is 3.20. The SMILES string of the molecule is C=C(CCCC)C(=O)SCCCC. The quantitative estimate of drug-likeness (QED) is 0.459. The first-order valence-electron chi connectivity index (χ1n) is 5.07. The van der Waals surface area contributed by atoms with Gasteiger partial charge in [-0.15, -0.1) is 0 Å². The van der Waals surface area contributed by atoms with Crippen molar-refractivity contribution in [1.29, 1.82) is 0 Å². The fourth-order valence-corrected chi connectivity index (χ4v) is 1.83. The number of carbonyl (C=O) groups excluding carboxylic acids is 1. The fraction of sp³-hybridized carbons (Fsp3) is 0.727. The van der Waals surface area contributed by atoms with Crippen molar-refractivity contribution in [3.05, 3.63) is 12.2 Å². The number of hydrogen-bond donors (Lipinski definition) is 0. The minimum absolute atomic E-state index is 0.196. The zero-order valence-electron chi connectivity index (χ0n) is 8.77. The summed E-state index contributed by atoms with van der Waals surface area (Å²) < 4.78 is 0. The zero-order valence-corrected chi connectivity index (χ0v) is 9.58. The number of hydrogen-bond acceptors (Lipinski definition) is 2. The predicted molar refractivity (Wildman–Crippen MR) is 61.0 cm³/mol. The highest BCUT2D eigenvalue weighted by atomic mass is 32.2. The van der Waals surface area contributed by atoms with Crippen LogP contribution in [0.25, 0.3) is 0 Å². The molecule has 0 N–H and O–H groups in total. The van der Waals surface area contributed by atoms with Gasteiger partial charge in [0, 0.05) is 5.75 Å². The van der Waals surface area contributed by atoms with Gasteiger partial charge in [-0.25, -0.2) is 0 Å². The largest absolute Gasteiger partial charge is 0.282 e. The molecule has 0 atom stereocenters. The van der Waals surface area contributed by atoms with Gasteiger partial charge in [-0.1, -0.05) is 45.0 Å². The van der Waals surface area contributed by atoms with Crippen LogP contribution >= 0.6 is 11.8 Å². The molecule has 0 bridgehead atoms. The van der Waals surface area contributed by atoms with Gasteiger partial charge in [0.05, 0.1) is 0 Å². The van der Waals surface area contributed by atoms with E-state index in [4.69, 9.17) is 0 Å². The molecule has 0 aliphatic heterocycles. The Morgan fingerprint density at radius 2 is 1.85 bits per heavy atom. The molecule has 0 aliphatic carbocycles. The molecule has 13 heavy (non-hydrogen) atoms. The normalized spacial score (nSPS) is 10.0. The summed E-state index contributed by atoms with van der Waals surface area (Å²) in [4.78, 5) is 11.4. The average molecular weight is 200 g/mol. The molecule has 0 aromatic heterocycles. The van der Waals surface area contributed by atoms with Crippen LogP contribution in [0, 0.1) is 0 Å². The minimum atomic E-state index is 0.196.